The first-order valence-electron chi connectivity index (χ1n) is 9.04. The monoisotopic (exact) mass is 385 g/mol. The number of pyridine rings is 1. The average Bonchev–Trinajstić information content (AvgIpc) is 3.18. The second kappa shape index (κ2) is 7.89. The van der Waals surface area contributed by atoms with Crippen LogP contribution in [0.2, 0.25) is 0 Å². The summed E-state index contributed by atoms with van der Waals surface area (Å²) in [7, 11) is 0. The molecule has 0 aliphatic carbocycles. The Balaban J connectivity index is 1.66. The third kappa shape index (κ3) is 4.11. The molecule has 1 amide bonds. The molecule has 3 aromatic heterocycles. The quantitative estimate of drug-likeness (QED) is 0.512. The molecule has 0 radical (unpaired) electrons. The lowest BCUT2D eigenvalue weighted by atomic mass is 10.1. The number of anilines is 1. The Morgan fingerprint density at radius 3 is 2.45 bits per heavy atom. The van der Waals surface area contributed by atoms with Crippen LogP contribution in [0.5, 0.6) is 0 Å². The van der Waals surface area contributed by atoms with E-state index in [4.69, 9.17) is 0 Å². The lowest BCUT2D eigenvalue weighted by Crippen LogP contribution is -2.30. The normalized spacial score (nSPS) is 10.6. The zero-order chi connectivity index (χ0) is 20.2. The first-order valence-corrected chi connectivity index (χ1v) is 9.04. The predicted molar refractivity (Wildman–Crippen MR) is 109 cm³/mol. The number of carbonyl (C=O) groups excluding carboxylic acids is 1. The number of carbonyl (C=O) groups is 1. The molecule has 0 aliphatic rings. The molecule has 8 nitrogen and oxygen atoms in total. The van der Waals surface area contributed by atoms with Gasteiger partial charge in [0.2, 0.25) is 5.95 Å². The Hall–Kier alpha value is -4.07. The highest BCUT2D eigenvalue weighted by Gasteiger charge is 2.19. The highest BCUT2D eigenvalue weighted by Crippen LogP contribution is 2.23. The summed E-state index contributed by atoms with van der Waals surface area (Å²) in [6.07, 6.45) is 5.04. The van der Waals surface area contributed by atoms with Crippen LogP contribution < -0.4 is 10.9 Å². The summed E-state index contributed by atoms with van der Waals surface area (Å²) in [5, 5.41) is 4.61. The van der Waals surface area contributed by atoms with E-state index in [-0.39, 0.29) is 5.91 Å². The summed E-state index contributed by atoms with van der Waals surface area (Å²) >= 11 is 0. The van der Waals surface area contributed by atoms with Crippen molar-refractivity contribution in [1.29, 1.82) is 0 Å². The van der Waals surface area contributed by atoms with Gasteiger partial charge in [-0.15, -0.1) is 0 Å². The Morgan fingerprint density at radius 2 is 1.76 bits per heavy atom. The summed E-state index contributed by atoms with van der Waals surface area (Å²) in [5.41, 5.74) is 9.58. The van der Waals surface area contributed by atoms with E-state index in [9.17, 15) is 4.79 Å². The standard InChI is InChI=1S/C21H19N7O/c1-14-11-15(2)24-21(23-14)26-25-20(29)18-13-28(17-8-4-3-5-9-17)27-19(18)16-7-6-10-22-12-16/h3-13H,1-2H3,(H,25,29)(H,23,24,26). The van der Waals surface area contributed by atoms with Gasteiger partial charge in [-0.3, -0.25) is 20.6 Å². The van der Waals surface area contributed by atoms with Crippen LogP contribution in [0.4, 0.5) is 5.95 Å². The van der Waals surface area contributed by atoms with Crippen LogP contribution in [0.25, 0.3) is 16.9 Å². The van der Waals surface area contributed by atoms with E-state index < -0.39 is 0 Å². The van der Waals surface area contributed by atoms with Crippen LogP contribution >= 0.6 is 0 Å². The smallest absolute Gasteiger partial charge is 0.267 e. The van der Waals surface area contributed by atoms with Crippen molar-refractivity contribution in [2.24, 2.45) is 0 Å². The molecule has 4 rings (SSSR count). The van der Waals surface area contributed by atoms with Gasteiger partial charge in [0, 0.05) is 35.5 Å². The van der Waals surface area contributed by atoms with E-state index in [1.807, 2.05) is 56.3 Å². The first-order chi connectivity index (χ1) is 14.1. The first kappa shape index (κ1) is 18.3. The molecule has 0 aliphatic heterocycles. The number of hydrazine groups is 1. The SMILES string of the molecule is Cc1cc(C)nc(NNC(=O)c2cn(-c3ccccc3)nc2-c2cccnc2)n1. The summed E-state index contributed by atoms with van der Waals surface area (Å²) < 4.78 is 1.67. The minimum Gasteiger partial charge on any atom is -0.267 e. The lowest BCUT2D eigenvalue weighted by Gasteiger charge is -2.08. The maximum absolute atomic E-state index is 12.9. The molecular formula is C21H19N7O. The molecule has 1 aromatic carbocycles. The van der Waals surface area contributed by atoms with Crippen molar-refractivity contribution in [3.8, 4) is 16.9 Å². The molecule has 0 bridgehead atoms. The van der Waals surface area contributed by atoms with Gasteiger partial charge in [-0.2, -0.15) is 5.10 Å². The number of hydrogen-bond donors (Lipinski definition) is 2. The third-order valence-electron chi connectivity index (χ3n) is 4.18. The van der Waals surface area contributed by atoms with Gasteiger partial charge in [-0.1, -0.05) is 18.2 Å². The number of benzene rings is 1. The van der Waals surface area contributed by atoms with Crippen LogP contribution in [0.3, 0.4) is 0 Å². The van der Waals surface area contributed by atoms with Gasteiger partial charge >= 0.3 is 0 Å². The summed E-state index contributed by atoms with van der Waals surface area (Å²) in [6, 6.07) is 15.1. The largest absolute Gasteiger partial charge is 0.273 e. The van der Waals surface area contributed by atoms with Gasteiger partial charge in [-0.05, 0) is 44.2 Å². The van der Waals surface area contributed by atoms with Gasteiger partial charge in [0.05, 0.1) is 11.3 Å². The molecule has 144 valence electrons. The van der Waals surface area contributed by atoms with E-state index in [0.29, 0.717) is 17.2 Å². The van der Waals surface area contributed by atoms with Crippen LogP contribution in [0.1, 0.15) is 21.7 Å². The fourth-order valence-electron chi connectivity index (χ4n) is 2.93. The number of aromatic nitrogens is 5. The topological polar surface area (TPSA) is 97.6 Å². The van der Waals surface area contributed by atoms with Crippen molar-refractivity contribution in [3.63, 3.8) is 0 Å². The maximum Gasteiger partial charge on any atom is 0.273 e. The number of nitrogens with zero attached hydrogens (tertiary/aromatic N) is 5. The molecule has 0 atom stereocenters. The molecule has 29 heavy (non-hydrogen) atoms. The fourth-order valence-corrected chi connectivity index (χ4v) is 2.93. The van der Waals surface area contributed by atoms with Crippen molar-refractivity contribution in [2.45, 2.75) is 13.8 Å². The number of nitrogens with one attached hydrogen (secondary N) is 2. The van der Waals surface area contributed by atoms with Crippen molar-refractivity contribution in [1.82, 2.24) is 30.2 Å². The minimum atomic E-state index is -0.353. The lowest BCUT2D eigenvalue weighted by molar-refractivity contribution is 0.0963. The van der Waals surface area contributed by atoms with Crippen molar-refractivity contribution in [3.05, 3.63) is 84.1 Å². The van der Waals surface area contributed by atoms with E-state index in [1.165, 1.54) is 0 Å². The molecule has 0 spiro atoms. The Labute approximate surface area is 167 Å². The molecule has 0 saturated heterocycles. The third-order valence-corrected chi connectivity index (χ3v) is 4.18. The molecule has 4 aromatic rings. The van der Waals surface area contributed by atoms with Gasteiger partial charge in [0.25, 0.3) is 5.91 Å². The number of para-hydroxylation sites is 1. The maximum atomic E-state index is 12.9. The molecule has 2 N–H and O–H groups in total. The Bertz CT molecular complexity index is 1120. The van der Waals surface area contributed by atoms with Crippen LogP contribution in [-0.4, -0.2) is 30.6 Å². The van der Waals surface area contributed by atoms with E-state index in [1.54, 1.807) is 29.3 Å². The predicted octanol–water partition coefficient (Wildman–Crippen LogP) is 3.10. The summed E-state index contributed by atoms with van der Waals surface area (Å²) in [5.74, 6) is -0.0250. The molecule has 0 unspecified atom stereocenters. The Morgan fingerprint density at radius 1 is 1.00 bits per heavy atom. The number of rotatable bonds is 5. The van der Waals surface area contributed by atoms with Gasteiger partial charge in [0.1, 0.15) is 5.69 Å². The van der Waals surface area contributed by atoms with E-state index in [0.717, 1.165) is 22.6 Å². The molecule has 0 saturated carbocycles. The van der Waals surface area contributed by atoms with Crippen LogP contribution in [0, 0.1) is 13.8 Å². The second-order valence-corrected chi connectivity index (χ2v) is 6.47. The number of hydrogen-bond acceptors (Lipinski definition) is 6. The zero-order valence-corrected chi connectivity index (χ0v) is 16.0. The minimum absolute atomic E-state index is 0.328. The van der Waals surface area contributed by atoms with Crippen molar-refractivity contribution >= 4 is 11.9 Å². The summed E-state index contributed by atoms with van der Waals surface area (Å²) in [6.45, 7) is 3.73. The van der Waals surface area contributed by atoms with Crippen LogP contribution in [-0.2, 0) is 0 Å². The molecule has 8 heteroatoms. The second-order valence-electron chi connectivity index (χ2n) is 6.47. The Kier molecular flexibility index (Phi) is 4.98. The zero-order valence-electron chi connectivity index (χ0n) is 16.0. The number of aryl methyl sites for hydroxylation is 2. The fraction of sp³-hybridized carbons (Fsp3) is 0.0952. The average molecular weight is 385 g/mol. The molecular weight excluding hydrogens is 366 g/mol. The van der Waals surface area contributed by atoms with Gasteiger partial charge in [-0.25, -0.2) is 14.6 Å². The molecule has 3 heterocycles. The van der Waals surface area contributed by atoms with Crippen molar-refractivity contribution < 1.29 is 4.79 Å². The van der Waals surface area contributed by atoms with Gasteiger partial charge < -0.3 is 0 Å². The van der Waals surface area contributed by atoms with E-state index in [2.05, 4.69) is 30.9 Å². The highest BCUT2D eigenvalue weighted by atomic mass is 16.2. The van der Waals surface area contributed by atoms with Crippen LogP contribution in [0.15, 0.2) is 67.1 Å². The highest BCUT2D eigenvalue weighted by molar-refractivity contribution is 6.00. The number of amides is 1. The molecule has 0 fully saturated rings. The van der Waals surface area contributed by atoms with Gasteiger partial charge in [0.15, 0.2) is 0 Å². The summed E-state index contributed by atoms with van der Waals surface area (Å²) in [4.78, 5) is 25.6. The van der Waals surface area contributed by atoms with E-state index >= 15 is 0 Å². The van der Waals surface area contributed by atoms with Crippen molar-refractivity contribution in [2.75, 3.05) is 5.43 Å².